The molecular weight excluding hydrogens is 284 g/mol. The van der Waals surface area contributed by atoms with Crippen molar-refractivity contribution in [2.45, 2.75) is 13.8 Å². The highest BCUT2D eigenvalue weighted by Gasteiger charge is 2.14. The van der Waals surface area contributed by atoms with E-state index in [1.807, 2.05) is 13.0 Å². The summed E-state index contributed by atoms with van der Waals surface area (Å²) in [6.45, 7) is 3.56. The second kappa shape index (κ2) is 5.61. The summed E-state index contributed by atoms with van der Waals surface area (Å²) in [6.07, 6.45) is 0. The van der Waals surface area contributed by atoms with Crippen molar-refractivity contribution >= 4 is 33.4 Å². The summed E-state index contributed by atoms with van der Waals surface area (Å²) < 4.78 is 0. The molecular formula is C14H12N6S. The predicted molar refractivity (Wildman–Crippen MR) is 82.7 cm³/mol. The van der Waals surface area contributed by atoms with Crippen LogP contribution in [0, 0.1) is 36.5 Å². The van der Waals surface area contributed by atoms with E-state index >= 15 is 0 Å². The van der Waals surface area contributed by atoms with Crippen LogP contribution < -0.4 is 11.5 Å². The van der Waals surface area contributed by atoms with E-state index in [4.69, 9.17) is 22.0 Å². The third-order valence-corrected chi connectivity index (χ3v) is 4.07. The quantitative estimate of drug-likeness (QED) is 0.647. The average molecular weight is 296 g/mol. The highest BCUT2D eigenvalue weighted by molar-refractivity contribution is 7.16. The number of benzene rings is 1. The number of azo groups is 1. The van der Waals surface area contributed by atoms with Crippen molar-refractivity contribution in [2.24, 2.45) is 10.2 Å². The van der Waals surface area contributed by atoms with E-state index in [1.165, 1.54) is 0 Å². The van der Waals surface area contributed by atoms with Crippen LogP contribution in [-0.2, 0) is 0 Å². The molecule has 1 aromatic carbocycles. The highest BCUT2D eigenvalue weighted by atomic mass is 32.1. The van der Waals surface area contributed by atoms with Gasteiger partial charge < -0.3 is 11.5 Å². The van der Waals surface area contributed by atoms with Crippen molar-refractivity contribution in [2.75, 3.05) is 11.5 Å². The zero-order valence-corrected chi connectivity index (χ0v) is 12.3. The molecule has 4 N–H and O–H groups in total. The number of anilines is 2. The maximum atomic E-state index is 9.15. The van der Waals surface area contributed by atoms with Gasteiger partial charge in [-0.25, -0.2) is 0 Å². The summed E-state index contributed by atoms with van der Waals surface area (Å²) in [5.41, 5.74) is 14.8. The van der Waals surface area contributed by atoms with E-state index in [1.54, 1.807) is 19.1 Å². The number of rotatable bonds is 2. The van der Waals surface area contributed by atoms with Gasteiger partial charge in [-0.1, -0.05) is 0 Å². The van der Waals surface area contributed by atoms with Gasteiger partial charge >= 0.3 is 0 Å². The van der Waals surface area contributed by atoms with E-state index < -0.39 is 0 Å². The molecule has 2 aromatic rings. The van der Waals surface area contributed by atoms with E-state index in [9.17, 15) is 0 Å². The third-order valence-electron chi connectivity index (χ3n) is 2.99. The first-order valence-corrected chi connectivity index (χ1v) is 6.80. The van der Waals surface area contributed by atoms with Crippen LogP contribution in [0.1, 0.15) is 21.6 Å². The zero-order chi connectivity index (χ0) is 15.6. The van der Waals surface area contributed by atoms with Gasteiger partial charge in [-0.3, -0.25) is 0 Å². The molecule has 0 spiro atoms. The summed E-state index contributed by atoms with van der Waals surface area (Å²) in [6, 6.07) is 7.44. The highest BCUT2D eigenvalue weighted by Crippen LogP contribution is 2.36. The molecule has 0 fully saturated rings. The van der Waals surface area contributed by atoms with Gasteiger partial charge in [0.1, 0.15) is 17.0 Å². The zero-order valence-electron chi connectivity index (χ0n) is 11.5. The summed E-state index contributed by atoms with van der Waals surface area (Å²) in [5.74, 6) is 0. The molecule has 0 saturated carbocycles. The first-order chi connectivity index (χ1) is 9.97. The van der Waals surface area contributed by atoms with Gasteiger partial charge in [0.2, 0.25) is 0 Å². The normalized spacial score (nSPS) is 10.5. The molecule has 2 rings (SSSR count). The Hall–Kier alpha value is -2.90. The van der Waals surface area contributed by atoms with Crippen LogP contribution in [0.5, 0.6) is 0 Å². The maximum Gasteiger partial charge on any atom is 0.158 e. The number of nitrogens with zero attached hydrogens (tertiary/aromatic N) is 4. The molecule has 0 aliphatic carbocycles. The third kappa shape index (κ3) is 2.69. The van der Waals surface area contributed by atoms with Gasteiger partial charge in [0.05, 0.1) is 22.6 Å². The first kappa shape index (κ1) is 14.5. The number of thiophene rings is 1. The molecule has 7 heteroatoms. The smallest absolute Gasteiger partial charge is 0.158 e. The molecule has 0 aliphatic rings. The molecule has 1 aromatic heterocycles. The number of hydrogen-bond acceptors (Lipinski definition) is 7. The Morgan fingerprint density at radius 2 is 1.71 bits per heavy atom. The molecule has 21 heavy (non-hydrogen) atoms. The molecule has 0 radical (unpaired) electrons. The lowest BCUT2D eigenvalue weighted by atomic mass is 10.1. The molecule has 0 aliphatic heterocycles. The van der Waals surface area contributed by atoms with Gasteiger partial charge in [0.25, 0.3) is 0 Å². The Kier molecular flexibility index (Phi) is 3.88. The van der Waals surface area contributed by atoms with Crippen molar-refractivity contribution in [3.63, 3.8) is 0 Å². The standard InChI is InChI=1S/C14H12N6S/c1-7-3-10(17)11(18)4-12(7)19-20-14-9(5-15)8(2)13(6-16)21-14/h3-4H,17-18H2,1-2H3/b20-19+. The van der Waals surface area contributed by atoms with Crippen LogP contribution in [0.25, 0.3) is 0 Å². The van der Waals surface area contributed by atoms with E-state index in [2.05, 4.69) is 16.3 Å². The Bertz CT molecular complexity index is 819. The fraction of sp³-hybridized carbons (Fsp3) is 0.143. The van der Waals surface area contributed by atoms with E-state index in [0.29, 0.717) is 38.1 Å². The summed E-state index contributed by atoms with van der Waals surface area (Å²) in [4.78, 5) is 0.467. The van der Waals surface area contributed by atoms with Gasteiger partial charge in [0.15, 0.2) is 5.00 Å². The fourth-order valence-corrected chi connectivity index (χ4v) is 2.63. The molecule has 0 amide bonds. The second-order valence-corrected chi connectivity index (χ2v) is 5.43. The molecule has 0 bridgehead atoms. The number of nitriles is 2. The van der Waals surface area contributed by atoms with Crippen LogP contribution in [0.2, 0.25) is 0 Å². The van der Waals surface area contributed by atoms with Gasteiger partial charge in [-0.05, 0) is 37.1 Å². The Morgan fingerprint density at radius 1 is 1.05 bits per heavy atom. The molecule has 0 saturated heterocycles. The fourth-order valence-electron chi connectivity index (χ4n) is 1.75. The van der Waals surface area contributed by atoms with Gasteiger partial charge in [0, 0.05) is 0 Å². The van der Waals surface area contributed by atoms with E-state index in [-0.39, 0.29) is 0 Å². The molecule has 0 unspecified atom stereocenters. The maximum absolute atomic E-state index is 9.15. The lowest BCUT2D eigenvalue weighted by Gasteiger charge is -2.04. The summed E-state index contributed by atoms with van der Waals surface area (Å²) in [5, 5.41) is 26.8. The lowest BCUT2D eigenvalue weighted by molar-refractivity contribution is 1.22. The van der Waals surface area contributed by atoms with Crippen LogP contribution in [0.3, 0.4) is 0 Å². The predicted octanol–water partition coefficient (Wildman–Crippen LogP) is 3.69. The minimum absolute atomic E-state index is 0.376. The summed E-state index contributed by atoms with van der Waals surface area (Å²) >= 11 is 1.14. The van der Waals surface area contributed by atoms with Crippen LogP contribution in [-0.4, -0.2) is 0 Å². The Labute approximate surface area is 126 Å². The lowest BCUT2D eigenvalue weighted by Crippen LogP contribution is -1.94. The van der Waals surface area contributed by atoms with Crippen LogP contribution in [0.4, 0.5) is 22.1 Å². The summed E-state index contributed by atoms with van der Waals surface area (Å²) in [7, 11) is 0. The molecule has 1 heterocycles. The first-order valence-electron chi connectivity index (χ1n) is 5.98. The topological polar surface area (TPSA) is 124 Å². The largest absolute Gasteiger partial charge is 0.397 e. The van der Waals surface area contributed by atoms with Crippen molar-refractivity contribution in [1.29, 1.82) is 10.5 Å². The second-order valence-electron chi connectivity index (χ2n) is 4.43. The van der Waals surface area contributed by atoms with Crippen LogP contribution in [0.15, 0.2) is 22.4 Å². The van der Waals surface area contributed by atoms with Crippen molar-refractivity contribution in [3.8, 4) is 12.1 Å². The SMILES string of the molecule is Cc1cc(N)c(N)cc1/N=N/c1sc(C#N)c(C)c1C#N. The number of aryl methyl sites for hydroxylation is 1. The Morgan fingerprint density at radius 3 is 2.33 bits per heavy atom. The molecule has 0 atom stereocenters. The van der Waals surface area contributed by atoms with E-state index in [0.717, 1.165) is 16.9 Å². The monoisotopic (exact) mass is 296 g/mol. The van der Waals surface area contributed by atoms with Gasteiger partial charge in [-0.2, -0.15) is 10.5 Å². The Balaban J connectivity index is 2.46. The minimum atomic E-state index is 0.376. The number of hydrogen-bond donors (Lipinski definition) is 2. The average Bonchev–Trinajstić information content (AvgIpc) is 2.76. The van der Waals surface area contributed by atoms with Crippen molar-refractivity contribution < 1.29 is 0 Å². The number of nitrogens with two attached hydrogens (primary N) is 2. The minimum Gasteiger partial charge on any atom is -0.397 e. The molecule has 6 nitrogen and oxygen atoms in total. The van der Waals surface area contributed by atoms with Gasteiger partial charge in [-0.15, -0.1) is 21.6 Å². The van der Waals surface area contributed by atoms with Crippen LogP contribution >= 0.6 is 11.3 Å². The number of nitrogen functional groups attached to an aromatic ring is 2. The molecule has 104 valence electrons. The van der Waals surface area contributed by atoms with Crippen molar-refractivity contribution in [1.82, 2.24) is 0 Å². The van der Waals surface area contributed by atoms with Crippen molar-refractivity contribution in [3.05, 3.63) is 33.7 Å².